The van der Waals surface area contributed by atoms with Crippen molar-refractivity contribution < 1.29 is 23.9 Å². The molecule has 0 saturated heterocycles. The molecule has 0 bridgehead atoms. The first-order valence-electron chi connectivity index (χ1n) is 13.3. The fourth-order valence-electron chi connectivity index (χ4n) is 3.78. The number of hydrogen-bond acceptors (Lipinski definition) is 5. The Balaban J connectivity index is 4.17. The molecule has 0 N–H and O–H groups in total. The average Bonchev–Trinajstić information content (AvgIpc) is 2.75. The van der Waals surface area contributed by atoms with Gasteiger partial charge < -0.3 is 9.47 Å². The minimum Gasteiger partial charge on any atom is -0.462 e. The predicted octanol–water partition coefficient (Wildman–Crippen LogP) is 7.48. The van der Waals surface area contributed by atoms with Crippen LogP contribution in [0.2, 0.25) is 0 Å². The van der Waals surface area contributed by atoms with Gasteiger partial charge in [-0.15, -0.1) is 0 Å². The fourth-order valence-corrected chi connectivity index (χ4v) is 3.78. The highest BCUT2D eigenvalue weighted by molar-refractivity contribution is 5.80. The van der Waals surface area contributed by atoms with Crippen LogP contribution in [0.25, 0.3) is 0 Å². The van der Waals surface area contributed by atoms with E-state index in [1.54, 1.807) is 0 Å². The molecule has 1 unspecified atom stereocenters. The van der Waals surface area contributed by atoms with Crippen molar-refractivity contribution in [1.82, 2.24) is 0 Å². The summed E-state index contributed by atoms with van der Waals surface area (Å²) in [6.45, 7) is 5.61. The number of ether oxygens (including phenoxy) is 2. The van der Waals surface area contributed by atoms with Gasteiger partial charge in [-0.3, -0.25) is 14.4 Å². The van der Waals surface area contributed by atoms with Crippen molar-refractivity contribution in [3.05, 3.63) is 0 Å². The quantitative estimate of drug-likeness (QED) is 0.118. The van der Waals surface area contributed by atoms with Crippen LogP contribution >= 0.6 is 0 Å². The number of rotatable bonds is 23. The molecule has 0 aromatic heterocycles. The average molecular weight is 455 g/mol. The summed E-state index contributed by atoms with van der Waals surface area (Å²) in [7, 11) is 0. The SMILES string of the molecule is CCCCCCCCCCCC(CC(=O)OCC(C)=O)OC(=O)CCCCCCCCC. The zero-order valence-electron chi connectivity index (χ0n) is 21.3. The largest absolute Gasteiger partial charge is 0.462 e. The van der Waals surface area contributed by atoms with Gasteiger partial charge in [-0.1, -0.05) is 104 Å². The summed E-state index contributed by atoms with van der Waals surface area (Å²) in [6, 6.07) is 0. The summed E-state index contributed by atoms with van der Waals surface area (Å²) in [5.41, 5.74) is 0. The lowest BCUT2D eigenvalue weighted by atomic mass is 10.0. The van der Waals surface area contributed by atoms with Crippen LogP contribution in [0.3, 0.4) is 0 Å². The molecule has 0 saturated carbocycles. The lowest BCUT2D eigenvalue weighted by Crippen LogP contribution is -2.24. The molecule has 0 heterocycles. The topological polar surface area (TPSA) is 69.7 Å². The van der Waals surface area contributed by atoms with Crippen molar-refractivity contribution in [1.29, 1.82) is 0 Å². The Hall–Kier alpha value is -1.39. The molecule has 0 aliphatic rings. The van der Waals surface area contributed by atoms with Crippen molar-refractivity contribution >= 4 is 17.7 Å². The fraction of sp³-hybridized carbons (Fsp3) is 0.889. The number of unbranched alkanes of at least 4 members (excludes halogenated alkanes) is 14. The maximum Gasteiger partial charge on any atom is 0.309 e. The van der Waals surface area contributed by atoms with Crippen molar-refractivity contribution in [2.24, 2.45) is 0 Å². The van der Waals surface area contributed by atoms with Gasteiger partial charge in [0.15, 0.2) is 5.78 Å². The molecule has 0 fully saturated rings. The third kappa shape index (κ3) is 21.8. The Morgan fingerprint density at radius 1 is 0.625 bits per heavy atom. The summed E-state index contributed by atoms with van der Waals surface area (Å²) in [5, 5.41) is 0. The van der Waals surface area contributed by atoms with E-state index in [-0.39, 0.29) is 24.8 Å². The second kappa shape index (κ2) is 22.8. The maximum atomic E-state index is 12.3. The minimum atomic E-state index is -0.468. The van der Waals surface area contributed by atoms with E-state index in [4.69, 9.17) is 9.47 Å². The van der Waals surface area contributed by atoms with Gasteiger partial charge in [-0.05, 0) is 26.2 Å². The molecular weight excluding hydrogens is 404 g/mol. The van der Waals surface area contributed by atoms with Gasteiger partial charge in [0.2, 0.25) is 0 Å². The Morgan fingerprint density at radius 2 is 1.09 bits per heavy atom. The predicted molar refractivity (Wildman–Crippen MR) is 131 cm³/mol. The van der Waals surface area contributed by atoms with Crippen LogP contribution in [0.15, 0.2) is 0 Å². The van der Waals surface area contributed by atoms with Crippen LogP contribution in [0.4, 0.5) is 0 Å². The number of ketones is 1. The summed E-state index contributed by atoms with van der Waals surface area (Å²) in [6.07, 6.45) is 19.7. The molecule has 188 valence electrons. The second-order valence-corrected chi connectivity index (χ2v) is 9.17. The number of esters is 2. The highest BCUT2D eigenvalue weighted by Crippen LogP contribution is 2.16. The van der Waals surface area contributed by atoms with E-state index in [1.807, 2.05) is 0 Å². The Morgan fingerprint density at radius 3 is 1.59 bits per heavy atom. The first kappa shape index (κ1) is 30.6. The van der Waals surface area contributed by atoms with Crippen LogP contribution in [0, 0.1) is 0 Å². The molecular formula is C27H50O5. The molecule has 5 nitrogen and oxygen atoms in total. The zero-order chi connectivity index (χ0) is 23.9. The number of carbonyl (C=O) groups is 3. The van der Waals surface area contributed by atoms with E-state index < -0.39 is 12.1 Å². The standard InChI is InChI=1S/C27H50O5/c1-4-6-8-10-12-13-15-16-18-20-25(22-27(30)31-23-24(3)28)32-26(29)21-19-17-14-11-9-7-5-2/h25H,4-23H2,1-3H3. The van der Waals surface area contributed by atoms with Gasteiger partial charge in [0.25, 0.3) is 0 Å². The summed E-state index contributed by atoms with van der Waals surface area (Å²) >= 11 is 0. The number of hydrogen-bond donors (Lipinski definition) is 0. The van der Waals surface area contributed by atoms with E-state index in [0.717, 1.165) is 32.1 Å². The van der Waals surface area contributed by atoms with Crippen LogP contribution in [0.5, 0.6) is 0 Å². The third-order valence-corrected chi connectivity index (χ3v) is 5.74. The monoisotopic (exact) mass is 454 g/mol. The van der Waals surface area contributed by atoms with Crippen molar-refractivity contribution in [2.45, 2.75) is 149 Å². The summed E-state index contributed by atoms with van der Waals surface area (Å²) in [5.74, 6) is -0.881. The zero-order valence-corrected chi connectivity index (χ0v) is 21.3. The Bertz CT molecular complexity index is 475. The summed E-state index contributed by atoms with van der Waals surface area (Å²) in [4.78, 5) is 35.3. The van der Waals surface area contributed by atoms with Crippen molar-refractivity contribution in [3.8, 4) is 0 Å². The van der Waals surface area contributed by atoms with Gasteiger partial charge in [0.05, 0.1) is 6.42 Å². The normalized spacial score (nSPS) is 11.8. The molecule has 0 amide bonds. The molecule has 32 heavy (non-hydrogen) atoms. The lowest BCUT2D eigenvalue weighted by Gasteiger charge is -2.17. The van der Waals surface area contributed by atoms with Gasteiger partial charge in [0, 0.05) is 6.42 Å². The highest BCUT2D eigenvalue weighted by Gasteiger charge is 2.19. The molecule has 0 spiro atoms. The lowest BCUT2D eigenvalue weighted by molar-refractivity contribution is -0.157. The first-order chi connectivity index (χ1) is 15.5. The van der Waals surface area contributed by atoms with E-state index in [2.05, 4.69) is 13.8 Å². The second-order valence-electron chi connectivity index (χ2n) is 9.17. The smallest absolute Gasteiger partial charge is 0.309 e. The Labute approximate surface area is 197 Å². The van der Waals surface area contributed by atoms with Crippen LogP contribution < -0.4 is 0 Å². The third-order valence-electron chi connectivity index (χ3n) is 5.74. The minimum absolute atomic E-state index is 0.0348. The molecule has 0 aromatic carbocycles. The maximum absolute atomic E-state index is 12.3. The van der Waals surface area contributed by atoms with Crippen LogP contribution in [0.1, 0.15) is 143 Å². The van der Waals surface area contributed by atoms with Gasteiger partial charge >= 0.3 is 11.9 Å². The molecule has 5 heteroatoms. The van der Waals surface area contributed by atoms with E-state index >= 15 is 0 Å². The molecule has 0 aliphatic carbocycles. The van der Waals surface area contributed by atoms with Crippen molar-refractivity contribution in [2.75, 3.05) is 6.61 Å². The van der Waals surface area contributed by atoms with Crippen LogP contribution in [-0.2, 0) is 23.9 Å². The van der Waals surface area contributed by atoms with E-state index in [9.17, 15) is 14.4 Å². The molecule has 0 rings (SSSR count). The number of carbonyl (C=O) groups excluding carboxylic acids is 3. The van der Waals surface area contributed by atoms with Crippen molar-refractivity contribution in [3.63, 3.8) is 0 Å². The molecule has 0 aromatic rings. The Kier molecular flexibility index (Phi) is 21.8. The molecule has 1 atom stereocenters. The number of Topliss-reactive ketones (excluding diaryl/α,β-unsaturated/α-hetero) is 1. The first-order valence-corrected chi connectivity index (χ1v) is 13.3. The van der Waals surface area contributed by atoms with Gasteiger partial charge in [-0.25, -0.2) is 0 Å². The highest BCUT2D eigenvalue weighted by atomic mass is 16.6. The molecule has 0 radical (unpaired) electrons. The van der Waals surface area contributed by atoms with Gasteiger partial charge in [0.1, 0.15) is 12.7 Å². The molecule has 0 aliphatic heterocycles. The van der Waals surface area contributed by atoms with Gasteiger partial charge in [-0.2, -0.15) is 0 Å². The van der Waals surface area contributed by atoms with E-state index in [0.29, 0.717) is 12.8 Å². The van der Waals surface area contributed by atoms with Crippen LogP contribution in [-0.4, -0.2) is 30.4 Å². The summed E-state index contributed by atoms with van der Waals surface area (Å²) < 4.78 is 10.6. The van der Waals surface area contributed by atoms with E-state index in [1.165, 1.54) is 77.6 Å².